The summed E-state index contributed by atoms with van der Waals surface area (Å²) in [6.07, 6.45) is 1.15. The Morgan fingerprint density at radius 3 is 2.69 bits per heavy atom. The third-order valence-electron chi connectivity index (χ3n) is 5.70. The third kappa shape index (κ3) is 4.13. The van der Waals surface area contributed by atoms with E-state index in [2.05, 4.69) is 0 Å². The number of hydrogen-bond acceptors (Lipinski definition) is 6. The van der Waals surface area contributed by atoms with Crippen molar-refractivity contribution in [2.45, 2.75) is 12.3 Å². The third-order valence-corrected chi connectivity index (χ3v) is 6.03. The lowest BCUT2D eigenvalue weighted by molar-refractivity contribution is -0.139. The van der Waals surface area contributed by atoms with E-state index in [1.54, 1.807) is 24.3 Å². The molecule has 0 bridgehead atoms. The zero-order chi connectivity index (χ0) is 24.7. The molecule has 1 N–H and O–H groups in total. The van der Waals surface area contributed by atoms with E-state index < -0.39 is 36.1 Å². The highest BCUT2D eigenvalue weighted by Gasteiger charge is 2.39. The van der Waals surface area contributed by atoms with E-state index in [4.69, 9.17) is 30.9 Å². The van der Waals surface area contributed by atoms with Gasteiger partial charge in [0.25, 0.3) is 0 Å². The lowest BCUT2D eigenvalue weighted by atomic mass is 9.84. The number of carboxylic acid groups (broad SMARTS) is 1. The molecule has 35 heavy (non-hydrogen) atoms. The number of esters is 1. The second kappa shape index (κ2) is 8.88. The molecule has 2 aliphatic heterocycles. The highest BCUT2D eigenvalue weighted by atomic mass is 35.5. The molecule has 1 atom stereocenters. The highest BCUT2D eigenvalue weighted by molar-refractivity contribution is 6.32. The van der Waals surface area contributed by atoms with Crippen LogP contribution in [0.3, 0.4) is 0 Å². The molecule has 2 heterocycles. The van der Waals surface area contributed by atoms with Crippen LogP contribution in [0.1, 0.15) is 39.4 Å². The average Bonchev–Trinajstić information content (AvgIpc) is 3.15. The summed E-state index contributed by atoms with van der Waals surface area (Å²) in [6, 6.07) is 13.8. The Hall–Kier alpha value is -4.17. The Kier molecular flexibility index (Phi) is 5.74. The molecule has 0 radical (unpaired) electrons. The molecule has 0 saturated carbocycles. The van der Waals surface area contributed by atoms with Gasteiger partial charge in [0.2, 0.25) is 5.78 Å². The van der Waals surface area contributed by atoms with Crippen molar-refractivity contribution in [3.05, 3.63) is 93.5 Å². The van der Waals surface area contributed by atoms with E-state index in [0.29, 0.717) is 11.1 Å². The van der Waals surface area contributed by atoms with Gasteiger partial charge in [0.15, 0.2) is 12.4 Å². The maximum absolute atomic E-state index is 14.3. The van der Waals surface area contributed by atoms with Crippen LogP contribution in [0.4, 0.5) is 4.39 Å². The fourth-order valence-corrected chi connectivity index (χ4v) is 4.41. The van der Waals surface area contributed by atoms with Crippen LogP contribution in [-0.4, -0.2) is 29.4 Å². The number of ether oxygens (including phenoxy) is 3. The number of carbonyl (C=O) groups is 3. The van der Waals surface area contributed by atoms with Gasteiger partial charge in [-0.2, -0.15) is 0 Å². The smallest absolute Gasteiger partial charge is 0.341 e. The first kappa shape index (κ1) is 22.6. The number of benzene rings is 3. The molecule has 9 heteroatoms. The summed E-state index contributed by atoms with van der Waals surface area (Å²) in [6.45, 7) is -0.570. The van der Waals surface area contributed by atoms with Crippen LogP contribution in [0.2, 0.25) is 5.02 Å². The maximum Gasteiger partial charge on any atom is 0.341 e. The molecule has 3 aromatic carbocycles. The van der Waals surface area contributed by atoms with Crippen LogP contribution >= 0.6 is 11.6 Å². The van der Waals surface area contributed by atoms with Gasteiger partial charge in [0, 0.05) is 22.6 Å². The summed E-state index contributed by atoms with van der Waals surface area (Å²) < 4.78 is 31.1. The van der Waals surface area contributed by atoms with Gasteiger partial charge < -0.3 is 19.3 Å². The minimum absolute atomic E-state index is 0.00887. The predicted octanol–water partition coefficient (Wildman–Crippen LogP) is 5.00. The normalized spacial score (nSPS) is 17.4. The number of hydrogen-bond donors (Lipinski definition) is 1. The van der Waals surface area contributed by atoms with Gasteiger partial charge in [0.05, 0.1) is 17.0 Å². The summed E-state index contributed by atoms with van der Waals surface area (Å²) in [5.74, 6) is -2.87. The van der Waals surface area contributed by atoms with Crippen molar-refractivity contribution in [2.75, 3.05) is 6.61 Å². The van der Waals surface area contributed by atoms with Crippen molar-refractivity contribution in [3.63, 3.8) is 0 Å². The van der Waals surface area contributed by atoms with Crippen molar-refractivity contribution in [3.8, 4) is 17.2 Å². The van der Waals surface area contributed by atoms with Gasteiger partial charge in [-0.3, -0.25) is 9.59 Å². The lowest BCUT2D eigenvalue weighted by Gasteiger charge is -2.27. The van der Waals surface area contributed by atoms with Crippen LogP contribution in [0, 0.1) is 5.82 Å². The summed E-state index contributed by atoms with van der Waals surface area (Å²) >= 11 is 6.11. The number of aliphatic carboxylic acids is 1. The summed E-state index contributed by atoms with van der Waals surface area (Å²) in [5, 5.41) is 9.14. The molecule has 0 aliphatic carbocycles. The first-order valence-electron chi connectivity index (χ1n) is 10.5. The largest absolute Gasteiger partial charge is 0.482 e. The minimum atomic E-state index is -1.15. The molecule has 0 amide bonds. The summed E-state index contributed by atoms with van der Waals surface area (Å²) in [4.78, 5) is 36.5. The number of carboxylic acids is 1. The Balaban J connectivity index is 1.61. The number of para-hydroxylation sites is 1. The fraction of sp³-hybridized carbons (Fsp3) is 0.115. The molecule has 0 aromatic heterocycles. The molecule has 0 unspecified atom stereocenters. The van der Waals surface area contributed by atoms with E-state index >= 15 is 0 Å². The first-order chi connectivity index (χ1) is 16.8. The van der Waals surface area contributed by atoms with Gasteiger partial charge in [-0.15, -0.1) is 0 Å². The van der Waals surface area contributed by atoms with Gasteiger partial charge in [-0.25, -0.2) is 9.18 Å². The number of Topliss-reactive ketones (excluding diaryl/α,β-unsaturated/α-hetero) is 1. The maximum atomic E-state index is 14.3. The Morgan fingerprint density at radius 1 is 1.11 bits per heavy atom. The van der Waals surface area contributed by atoms with Gasteiger partial charge in [-0.05, 0) is 36.4 Å². The Morgan fingerprint density at radius 2 is 1.91 bits per heavy atom. The monoisotopic (exact) mass is 494 g/mol. The molecule has 0 saturated heterocycles. The highest BCUT2D eigenvalue weighted by Crippen LogP contribution is 2.50. The van der Waals surface area contributed by atoms with Crippen molar-refractivity contribution < 1.29 is 38.1 Å². The van der Waals surface area contributed by atoms with E-state index in [-0.39, 0.29) is 45.6 Å². The van der Waals surface area contributed by atoms with Crippen molar-refractivity contribution in [1.29, 1.82) is 0 Å². The van der Waals surface area contributed by atoms with Crippen LogP contribution in [-0.2, 0) is 9.59 Å². The zero-order valence-corrected chi connectivity index (χ0v) is 18.7. The summed E-state index contributed by atoms with van der Waals surface area (Å²) in [5.41, 5.74) is 1.19. The number of ketones is 1. The standard InChI is InChI=1S/C26H16ClFO7/c27-17-5-3-6-18(28)16(17)10-21-25(32)14-8-9-20-24(26(14)35-21)15(11-23(31)34-20)13-4-1-2-7-19(13)33-12-22(29)30/h1-10,15H,11-12H2,(H,29,30)/b21-10-/t15-/m0/s1. The molecular formula is C26H16ClFO7. The predicted molar refractivity (Wildman–Crippen MR) is 122 cm³/mol. The second-order valence-electron chi connectivity index (χ2n) is 7.88. The number of allylic oxidation sites excluding steroid dienone is 1. The van der Waals surface area contributed by atoms with Gasteiger partial charge in [0.1, 0.15) is 23.1 Å². The molecule has 176 valence electrons. The minimum Gasteiger partial charge on any atom is -0.482 e. The van der Waals surface area contributed by atoms with E-state index in [9.17, 15) is 18.8 Å². The number of carbonyl (C=O) groups excluding carboxylic acids is 2. The zero-order valence-electron chi connectivity index (χ0n) is 17.9. The lowest BCUT2D eigenvalue weighted by Crippen LogP contribution is -2.22. The topological polar surface area (TPSA) is 99.1 Å². The average molecular weight is 495 g/mol. The van der Waals surface area contributed by atoms with Crippen LogP contribution in [0.25, 0.3) is 6.08 Å². The second-order valence-corrected chi connectivity index (χ2v) is 8.29. The Bertz CT molecular complexity index is 1410. The molecule has 2 aliphatic rings. The molecule has 0 spiro atoms. The summed E-state index contributed by atoms with van der Waals surface area (Å²) in [7, 11) is 0. The molecule has 7 nitrogen and oxygen atoms in total. The van der Waals surface area contributed by atoms with E-state index in [0.717, 1.165) is 0 Å². The number of halogens is 2. The Labute approximate surface area is 203 Å². The quantitative estimate of drug-likeness (QED) is 0.303. The molecule has 5 rings (SSSR count). The van der Waals surface area contributed by atoms with E-state index in [1.807, 2.05) is 0 Å². The fourth-order valence-electron chi connectivity index (χ4n) is 4.19. The molecular weight excluding hydrogens is 479 g/mol. The first-order valence-corrected chi connectivity index (χ1v) is 10.9. The number of rotatable bonds is 5. The van der Waals surface area contributed by atoms with Crippen molar-refractivity contribution in [2.24, 2.45) is 0 Å². The van der Waals surface area contributed by atoms with Gasteiger partial charge >= 0.3 is 11.9 Å². The molecule has 3 aromatic rings. The number of fused-ring (bicyclic) bond motifs is 3. The van der Waals surface area contributed by atoms with Gasteiger partial charge in [-0.1, -0.05) is 35.9 Å². The van der Waals surface area contributed by atoms with Crippen LogP contribution < -0.4 is 14.2 Å². The van der Waals surface area contributed by atoms with Crippen molar-refractivity contribution >= 4 is 35.4 Å². The van der Waals surface area contributed by atoms with Crippen LogP contribution in [0.15, 0.2) is 60.4 Å². The van der Waals surface area contributed by atoms with E-state index in [1.165, 1.54) is 36.4 Å². The van der Waals surface area contributed by atoms with Crippen LogP contribution in [0.5, 0.6) is 17.2 Å². The SMILES string of the molecule is O=C(O)COc1ccccc1[C@@H]1CC(=O)Oc2ccc3c(c21)O/C(=C\c1c(F)cccc1Cl)C3=O. The molecule has 0 fully saturated rings. The van der Waals surface area contributed by atoms with Crippen molar-refractivity contribution in [1.82, 2.24) is 0 Å².